The Labute approximate surface area is 207 Å². The van der Waals surface area contributed by atoms with E-state index in [1.807, 2.05) is 48.0 Å². The monoisotopic (exact) mass is 497 g/mol. The molecule has 0 atom stereocenters. The van der Waals surface area contributed by atoms with Crippen LogP contribution >= 0.6 is 22.9 Å². The van der Waals surface area contributed by atoms with Gasteiger partial charge in [0.15, 0.2) is 5.13 Å². The van der Waals surface area contributed by atoms with Crippen LogP contribution in [-0.4, -0.2) is 76.6 Å². The van der Waals surface area contributed by atoms with Crippen molar-refractivity contribution in [2.24, 2.45) is 7.05 Å². The molecule has 1 fully saturated rings. The van der Waals surface area contributed by atoms with Crippen molar-refractivity contribution in [3.63, 3.8) is 0 Å². The van der Waals surface area contributed by atoms with E-state index in [2.05, 4.69) is 32.5 Å². The summed E-state index contributed by atoms with van der Waals surface area (Å²) in [5.74, 6) is 0.605. The SMILES string of the molecule is CN1CCN(CCCNC(=O)c2ccc3c(c2)nc(Nc2nc4ccc(Cl)cc4s2)n3C)CC1. The third-order valence-corrected chi connectivity index (χ3v) is 7.41. The number of piperazine rings is 1. The zero-order valence-electron chi connectivity index (χ0n) is 19.3. The first-order valence-corrected chi connectivity index (χ1v) is 12.6. The minimum atomic E-state index is -0.0662. The van der Waals surface area contributed by atoms with Gasteiger partial charge in [-0.2, -0.15) is 0 Å². The second-order valence-electron chi connectivity index (χ2n) is 8.71. The Bertz CT molecular complexity index is 1330. The summed E-state index contributed by atoms with van der Waals surface area (Å²) in [5, 5.41) is 7.79. The molecule has 1 aliphatic heterocycles. The molecule has 8 nitrogen and oxygen atoms in total. The summed E-state index contributed by atoms with van der Waals surface area (Å²) >= 11 is 7.62. The number of hydrogen-bond donors (Lipinski definition) is 2. The Morgan fingerprint density at radius 2 is 1.88 bits per heavy atom. The summed E-state index contributed by atoms with van der Waals surface area (Å²) in [6.45, 7) is 6.10. The number of imidazole rings is 1. The Morgan fingerprint density at radius 3 is 2.71 bits per heavy atom. The summed E-state index contributed by atoms with van der Waals surface area (Å²) in [6.07, 6.45) is 0.947. The van der Waals surface area contributed by atoms with Crippen molar-refractivity contribution in [3.05, 3.63) is 47.0 Å². The Hall–Kier alpha value is -2.72. The Kier molecular flexibility index (Phi) is 6.69. The van der Waals surface area contributed by atoms with Crippen molar-refractivity contribution in [1.29, 1.82) is 0 Å². The molecule has 4 aromatic rings. The average Bonchev–Trinajstić information content (AvgIpc) is 3.37. The molecule has 0 bridgehead atoms. The van der Waals surface area contributed by atoms with Gasteiger partial charge in [0.05, 0.1) is 21.3 Å². The van der Waals surface area contributed by atoms with Crippen LogP contribution in [0, 0.1) is 0 Å². The van der Waals surface area contributed by atoms with Gasteiger partial charge in [0.1, 0.15) is 0 Å². The van der Waals surface area contributed by atoms with Crippen molar-refractivity contribution in [1.82, 2.24) is 29.7 Å². The van der Waals surface area contributed by atoms with Crippen molar-refractivity contribution in [2.45, 2.75) is 6.42 Å². The van der Waals surface area contributed by atoms with Gasteiger partial charge in [-0.1, -0.05) is 22.9 Å². The number of likely N-dealkylation sites (N-methyl/N-ethyl adjacent to an activating group) is 1. The van der Waals surface area contributed by atoms with Gasteiger partial charge in [-0.15, -0.1) is 0 Å². The molecule has 2 aromatic heterocycles. The van der Waals surface area contributed by atoms with Gasteiger partial charge < -0.3 is 25.0 Å². The lowest BCUT2D eigenvalue weighted by Gasteiger charge is -2.32. The predicted molar refractivity (Wildman–Crippen MR) is 140 cm³/mol. The molecule has 10 heteroatoms. The van der Waals surface area contributed by atoms with E-state index >= 15 is 0 Å². The normalized spacial score (nSPS) is 15.3. The number of thiazole rings is 1. The molecule has 0 spiro atoms. The molecule has 2 aromatic carbocycles. The number of halogens is 1. The summed E-state index contributed by atoms with van der Waals surface area (Å²) in [6, 6.07) is 11.3. The van der Waals surface area contributed by atoms with Gasteiger partial charge in [-0.3, -0.25) is 4.79 Å². The van der Waals surface area contributed by atoms with E-state index in [1.54, 1.807) is 0 Å². The average molecular weight is 498 g/mol. The van der Waals surface area contributed by atoms with E-state index in [1.165, 1.54) is 11.3 Å². The maximum absolute atomic E-state index is 12.7. The zero-order valence-corrected chi connectivity index (χ0v) is 20.9. The Balaban J connectivity index is 1.22. The molecule has 1 amide bonds. The molecule has 0 saturated carbocycles. The smallest absolute Gasteiger partial charge is 0.251 e. The molecule has 5 rings (SSSR count). The van der Waals surface area contributed by atoms with E-state index in [9.17, 15) is 4.79 Å². The maximum atomic E-state index is 12.7. The second kappa shape index (κ2) is 9.87. The number of fused-ring (bicyclic) bond motifs is 2. The molecule has 2 N–H and O–H groups in total. The van der Waals surface area contributed by atoms with Gasteiger partial charge in [-0.25, -0.2) is 9.97 Å². The predicted octanol–water partition coefficient (Wildman–Crippen LogP) is 3.95. The van der Waals surface area contributed by atoms with Gasteiger partial charge >= 0.3 is 0 Å². The van der Waals surface area contributed by atoms with Crippen LogP contribution in [-0.2, 0) is 7.05 Å². The number of nitrogens with zero attached hydrogens (tertiary/aromatic N) is 5. The lowest BCUT2D eigenvalue weighted by molar-refractivity contribution is 0.0949. The van der Waals surface area contributed by atoms with Crippen molar-refractivity contribution < 1.29 is 4.79 Å². The number of hydrogen-bond acceptors (Lipinski definition) is 7. The zero-order chi connectivity index (χ0) is 23.7. The fourth-order valence-electron chi connectivity index (χ4n) is 4.18. The van der Waals surface area contributed by atoms with Crippen LogP contribution in [0.2, 0.25) is 5.02 Å². The van der Waals surface area contributed by atoms with Crippen molar-refractivity contribution >= 4 is 61.2 Å². The highest BCUT2D eigenvalue weighted by atomic mass is 35.5. The van der Waals surface area contributed by atoms with E-state index in [0.717, 1.165) is 65.5 Å². The summed E-state index contributed by atoms with van der Waals surface area (Å²) in [7, 11) is 4.10. The number of nitrogens with one attached hydrogen (secondary N) is 2. The third-order valence-electron chi connectivity index (χ3n) is 6.24. The van der Waals surface area contributed by atoms with Crippen LogP contribution in [0.15, 0.2) is 36.4 Å². The molecule has 1 aliphatic rings. The number of carbonyl (C=O) groups excluding carboxylic acids is 1. The summed E-state index contributed by atoms with van der Waals surface area (Å²) in [5.41, 5.74) is 3.21. The molecular weight excluding hydrogens is 470 g/mol. The first-order valence-electron chi connectivity index (χ1n) is 11.4. The molecule has 0 aliphatic carbocycles. The van der Waals surface area contributed by atoms with Gasteiger partial charge in [0, 0.05) is 50.4 Å². The van der Waals surface area contributed by atoms with Crippen molar-refractivity contribution in [3.8, 4) is 0 Å². The Morgan fingerprint density at radius 1 is 1.06 bits per heavy atom. The fraction of sp³-hybridized carbons (Fsp3) is 0.375. The minimum Gasteiger partial charge on any atom is -0.352 e. The number of anilines is 2. The van der Waals surface area contributed by atoms with Crippen LogP contribution in [0.3, 0.4) is 0 Å². The highest BCUT2D eigenvalue weighted by Gasteiger charge is 2.15. The highest BCUT2D eigenvalue weighted by Crippen LogP contribution is 2.31. The number of amides is 1. The lowest BCUT2D eigenvalue weighted by atomic mass is 10.2. The highest BCUT2D eigenvalue weighted by molar-refractivity contribution is 7.22. The summed E-state index contributed by atoms with van der Waals surface area (Å²) in [4.78, 5) is 26.8. The van der Waals surface area contributed by atoms with Crippen LogP contribution in [0.1, 0.15) is 16.8 Å². The van der Waals surface area contributed by atoms with E-state index < -0.39 is 0 Å². The molecule has 0 radical (unpaired) electrons. The number of rotatable bonds is 7. The number of carbonyl (C=O) groups is 1. The number of aromatic nitrogens is 3. The van der Waals surface area contributed by atoms with Crippen LogP contribution in [0.5, 0.6) is 0 Å². The van der Waals surface area contributed by atoms with Gasteiger partial charge in [0.25, 0.3) is 5.91 Å². The first kappa shape index (κ1) is 23.0. The van der Waals surface area contributed by atoms with Crippen LogP contribution in [0.4, 0.5) is 11.1 Å². The molecule has 0 unspecified atom stereocenters. The fourth-order valence-corrected chi connectivity index (χ4v) is 5.31. The molecule has 34 heavy (non-hydrogen) atoms. The second-order valence-corrected chi connectivity index (χ2v) is 10.2. The van der Waals surface area contributed by atoms with Crippen LogP contribution in [0.25, 0.3) is 21.3 Å². The van der Waals surface area contributed by atoms with Gasteiger partial charge in [0.2, 0.25) is 5.95 Å². The number of benzene rings is 2. The molecule has 3 heterocycles. The quantitative estimate of drug-likeness (QED) is 0.376. The van der Waals surface area contributed by atoms with Crippen LogP contribution < -0.4 is 10.6 Å². The van der Waals surface area contributed by atoms with Gasteiger partial charge in [-0.05, 0) is 56.4 Å². The largest absolute Gasteiger partial charge is 0.352 e. The van der Waals surface area contributed by atoms with E-state index in [-0.39, 0.29) is 5.91 Å². The molecular formula is C24H28ClN7OS. The molecule has 178 valence electrons. The van der Waals surface area contributed by atoms with E-state index in [4.69, 9.17) is 16.6 Å². The van der Waals surface area contributed by atoms with E-state index in [0.29, 0.717) is 23.1 Å². The maximum Gasteiger partial charge on any atom is 0.251 e. The summed E-state index contributed by atoms with van der Waals surface area (Å²) < 4.78 is 2.98. The number of aryl methyl sites for hydroxylation is 1. The molecule has 1 saturated heterocycles. The third kappa shape index (κ3) is 5.02. The topological polar surface area (TPSA) is 78.3 Å². The lowest BCUT2D eigenvalue weighted by Crippen LogP contribution is -2.45. The first-order chi connectivity index (χ1) is 16.5. The standard InChI is InChI=1S/C24H28ClN7OS/c1-30-10-12-32(13-11-30)9-3-8-26-22(33)16-4-7-20-19(14-16)27-23(31(20)2)29-24-28-18-6-5-17(25)15-21(18)34-24/h4-7,14-15H,3,8-13H2,1-2H3,(H,26,33)(H,27,28,29). The minimum absolute atomic E-state index is 0.0662. The van der Waals surface area contributed by atoms with Crippen molar-refractivity contribution in [2.75, 3.05) is 51.6 Å².